The van der Waals surface area contributed by atoms with Crippen LogP contribution in [0.2, 0.25) is 0 Å². The summed E-state index contributed by atoms with van der Waals surface area (Å²) in [5.74, 6) is -0.195. The van der Waals surface area contributed by atoms with E-state index in [2.05, 4.69) is 41.4 Å². The van der Waals surface area contributed by atoms with Gasteiger partial charge in [0.25, 0.3) is 5.91 Å². The largest absolute Gasteiger partial charge is 0.493 e. The lowest BCUT2D eigenvalue weighted by Gasteiger charge is -2.13. The number of hydrogen-bond acceptors (Lipinski definition) is 8. The molecule has 0 saturated carbocycles. The SMILES string of the molecule is COc1cc(/C=N\NC(=O)c2nonc2N)cc(Br)c1OCc1ccc(F)cc1. The lowest BCUT2D eigenvalue weighted by molar-refractivity contribution is 0.0946. The van der Waals surface area contributed by atoms with Gasteiger partial charge in [0.05, 0.1) is 17.8 Å². The molecule has 3 N–H and O–H groups in total. The molecule has 0 fully saturated rings. The van der Waals surface area contributed by atoms with Gasteiger partial charge in [-0.25, -0.2) is 14.4 Å². The molecule has 1 heterocycles. The zero-order valence-electron chi connectivity index (χ0n) is 15.1. The first-order valence-corrected chi connectivity index (χ1v) is 8.93. The number of carbonyl (C=O) groups is 1. The molecule has 3 aromatic rings. The summed E-state index contributed by atoms with van der Waals surface area (Å²) >= 11 is 3.42. The second-order valence-electron chi connectivity index (χ2n) is 5.65. The van der Waals surface area contributed by atoms with Crippen LogP contribution < -0.4 is 20.6 Å². The molecule has 11 heteroatoms. The Bertz CT molecular complexity index is 1040. The number of hydrogen-bond donors (Lipinski definition) is 2. The molecule has 9 nitrogen and oxygen atoms in total. The van der Waals surface area contributed by atoms with Gasteiger partial charge in [-0.2, -0.15) is 5.10 Å². The lowest BCUT2D eigenvalue weighted by atomic mass is 10.2. The van der Waals surface area contributed by atoms with E-state index in [-0.39, 0.29) is 23.9 Å². The Morgan fingerprint density at radius 1 is 1.34 bits per heavy atom. The number of methoxy groups -OCH3 is 1. The smallest absolute Gasteiger partial charge is 0.297 e. The maximum atomic E-state index is 13.0. The monoisotopic (exact) mass is 463 g/mol. The van der Waals surface area contributed by atoms with E-state index in [9.17, 15) is 9.18 Å². The topological polar surface area (TPSA) is 125 Å². The van der Waals surface area contributed by atoms with E-state index < -0.39 is 5.91 Å². The van der Waals surface area contributed by atoms with Gasteiger partial charge in [-0.3, -0.25) is 4.79 Å². The van der Waals surface area contributed by atoms with Crippen LogP contribution in [-0.2, 0) is 6.61 Å². The molecule has 1 aromatic heterocycles. The summed E-state index contributed by atoms with van der Waals surface area (Å²) in [7, 11) is 1.50. The Balaban J connectivity index is 1.69. The molecular weight excluding hydrogens is 449 g/mol. The van der Waals surface area contributed by atoms with E-state index in [1.54, 1.807) is 24.3 Å². The van der Waals surface area contributed by atoms with Crippen molar-refractivity contribution >= 4 is 33.9 Å². The van der Waals surface area contributed by atoms with Crippen LogP contribution in [0.15, 0.2) is 50.6 Å². The number of rotatable bonds is 7. The Hall–Kier alpha value is -3.47. The standard InChI is InChI=1S/C18H15BrFN5O4/c1-27-14-7-11(8-22-23-18(26)15-17(21)25-29-24-15)6-13(19)16(14)28-9-10-2-4-12(20)5-3-10/h2-8H,9H2,1H3,(H2,21,25)(H,23,26)/b22-8-. The number of nitrogen functional groups attached to an aromatic ring is 1. The summed E-state index contributed by atoms with van der Waals surface area (Å²) in [5.41, 5.74) is 8.97. The van der Waals surface area contributed by atoms with E-state index >= 15 is 0 Å². The molecule has 3 rings (SSSR count). The second kappa shape index (κ2) is 9.15. The molecule has 0 spiro atoms. The Labute approximate surface area is 172 Å². The number of benzene rings is 2. The molecule has 0 saturated heterocycles. The van der Waals surface area contributed by atoms with Crippen molar-refractivity contribution in [3.05, 3.63) is 63.5 Å². The van der Waals surface area contributed by atoms with Gasteiger partial charge < -0.3 is 15.2 Å². The minimum atomic E-state index is -0.662. The Morgan fingerprint density at radius 3 is 2.76 bits per heavy atom. The minimum Gasteiger partial charge on any atom is -0.493 e. The number of aromatic nitrogens is 2. The van der Waals surface area contributed by atoms with Gasteiger partial charge in [0.2, 0.25) is 11.5 Å². The van der Waals surface area contributed by atoms with Crippen molar-refractivity contribution in [2.75, 3.05) is 12.8 Å². The molecule has 2 aromatic carbocycles. The predicted octanol–water partition coefficient (Wildman–Crippen LogP) is 2.90. The number of amides is 1. The van der Waals surface area contributed by atoms with E-state index in [0.29, 0.717) is 21.5 Å². The highest BCUT2D eigenvalue weighted by Crippen LogP contribution is 2.36. The summed E-state index contributed by atoms with van der Waals surface area (Å²) in [6, 6.07) is 9.40. The highest BCUT2D eigenvalue weighted by atomic mass is 79.9. The van der Waals surface area contributed by atoms with Crippen molar-refractivity contribution in [1.29, 1.82) is 0 Å². The number of nitrogens with zero attached hydrogens (tertiary/aromatic N) is 3. The van der Waals surface area contributed by atoms with Crippen molar-refractivity contribution in [2.24, 2.45) is 5.10 Å². The van der Waals surface area contributed by atoms with Crippen LogP contribution in [0.5, 0.6) is 11.5 Å². The first kappa shape index (κ1) is 20.3. The molecule has 29 heavy (non-hydrogen) atoms. The number of ether oxygens (including phenoxy) is 2. The van der Waals surface area contributed by atoms with Gasteiger partial charge in [-0.05, 0) is 61.6 Å². The highest BCUT2D eigenvalue weighted by Gasteiger charge is 2.15. The average Bonchev–Trinajstić information content (AvgIpc) is 3.14. The van der Waals surface area contributed by atoms with E-state index in [1.165, 1.54) is 25.5 Å². The van der Waals surface area contributed by atoms with Crippen LogP contribution in [0.25, 0.3) is 0 Å². The normalized spacial score (nSPS) is 10.9. The van der Waals surface area contributed by atoms with Crippen LogP contribution >= 0.6 is 15.9 Å². The minimum absolute atomic E-state index is 0.134. The molecule has 0 unspecified atom stereocenters. The molecule has 150 valence electrons. The Morgan fingerprint density at radius 2 is 2.10 bits per heavy atom. The van der Waals surface area contributed by atoms with Crippen molar-refractivity contribution in [3.63, 3.8) is 0 Å². The summed E-state index contributed by atoms with van der Waals surface area (Å²) < 4.78 is 29.1. The van der Waals surface area contributed by atoms with Gasteiger partial charge >= 0.3 is 0 Å². The molecule has 0 bridgehead atoms. The maximum Gasteiger partial charge on any atom is 0.297 e. The summed E-state index contributed by atoms with van der Waals surface area (Å²) in [6.07, 6.45) is 1.40. The number of nitrogens with two attached hydrogens (primary N) is 1. The fourth-order valence-corrected chi connectivity index (χ4v) is 2.84. The predicted molar refractivity (Wildman–Crippen MR) is 105 cm³/mol. The van der Waals surface area contributed by atoms with E-state index in [1.807, 2.05) is 0 Å². The molecule has 0 aliphatic carbocycles. The third-order valence-electron chi connectivity index (χ3n) is 3.66. The summed E-state index contributed by atoms with van der Waals surface area (Å²) in [6.45, 7) is 0.228. The summed E-state index contributed by atoms with van der Waals surface area (Å²) in [4.78, 5) is 11.9. The quantitative estimate of drug-likeness (QED) is 0.407. The average molecular weight is 464 g/mol. The number of nitrogens with one attached hydrogen (secondary N) is 1. The van der Waals surface area contributed by atoms with Gasteiger partial charge in [0.15, 0.2) is 11.5 Å². The van der Waals surface area contributed by atoms with Crippen LogP contribution in [0.1, 0.15) is 21.6 Å². The molecule has 1 amide bonds. The highest BCUT2D eigenvalue weighted by molar-refractivity contribution is 9.10. The van der Waals surface area contributed by atoms with Crippen molar-refractivity contribution in [3.8, 4) is 11.5 Å². The second-order valence-corrected chi connectivity index (χ2v) is 6.50. The van der Waals surface area contributed by atoms with Gasteiger partial charge in [-0.1, -0.05) is 12.1 Å². The van der Waals surface area contributed by atoms with Crippen molar-refractivity contribution in [1.82, 2.24) is 15.7 Å². The van der Waals surface area contributed by atoms with Crippen LogP contribution in [0.3, 0.4) is 0 Å². The number of anilines is 1. The molecule has 0 aliphatic heterocycles. The Kier molecular flexibility index (Phi) is 6.39. The van der Waals surface area contributed by atoms with Crippen molar-refractivity contribution < 1.29 is 23.3 Å². The van der Waals surface area contributed by atoms with Gasteiger partial charge in [0.1, 0.15) is 12.4 Å². The van der Waals surface area contributed by atoms with E-state index in [4.69, 9.17) is 15.2 Å². The first-order chi connectivity index (χ1) is 14.0. The fourth-order valence-electron chi connectivity index (χ4n) is 2.26. The summed E-state index contributed by atoms with van der Waals surface area (Å²) in [5, 5.41) is 10.5. The number of hydrazone groups is 1. The third-order valence-corrected chi connectivity index (χ3v) is 4.25. The zero-order valence-corrected chi connectivity index (χ0v) is 16.6. The van der Waals surface area contributed by atoms with Gasteiger partial charge in [-0.15, -0.1) is 0 Å². The first-order valence-electron chi connectivity index (χ1n) is 8.14. The van der Waals surface area contributed by atoms with Gasteiger partial charge in [0, 0.05) is 0 Å². The lowest BCUT2D eigenvalue weighted by Crippen LogP contribution is -2.19. The van der Waals surface area contributed by atoms with E-state index in [0.717, 1.165) is 5.56 Å². The fraction of sp³-hybridized carbons (Fsp3) is 0.111. The van der Waals surface area contributed by atoms with Crippen LogP contribution in [0.4, 0.5) is 10.2 Å². The zero-order chi connectivity index (χ0) is 20.8. The van der Waals surface area contributed by atoms with Crippen LogP contribution in [-0.4, -0.2) is 29.5 Å². The number of halogens is 2. The molecule has 0 radical (unpaired) electrons. The molecule has 0 aliphatic rings. The molecular formula is C18H15BrFN5O4. The molecule has 0 atom stereocenters. The number of carbonyl (C=O) groups excluding carboxylic acids is 1. The van der Waals surface area contributed by atoms with Crippen molar-refractivity contribution in [2.45, 2.75) is 6.61 Å². The third kappa shape index (κ3) is 5.08. The van der Waals surface area contributed by atoms with Crippen LogP contribution in [0, 0.1) is 5.82 Å². The maximum absolute atomic E-state index is 13.0.